The number of nitro benzene ring substituents is 1. The summed E-state index contributed by atoms with van der Waals surface area (Å²) in [6.07, 6.45) is 0. The topological polar surface area (TPSA) is 98.5 Å². The standard InChI is InChI=1S/C18H12N2O5S/c21-17(16-5-2-10-26-16)19-13-6-8-15(9-7-13)25-18(22)12-3-1-4-14(11-12)20(23)24/h1-11H,(H,19,21). The summed E-state index contributed by atoms with van der Waals surface area (Å²) >= 11 is 1.33. The van der Waals surface area contributed by atoms with Gasteiger partial charge in [0.2, 0.25) is 0 Å². The van der Waals surface area contributed by atoms with E-state index in [1.54, 1.807) is 24.3 Å². The van der Waals surface area contributed by atoms with Crippen molar-refractivity contribution < 1.29 is 19.2 Å². The smallest absolute Gasteiger partial charge is 0.343 e. The van der Waals surface area contributed by atoms with Gasteiger partial charge in [-0.15, -0.1) is 11.3 Å². The molecule has 1 heterocycles. The highest BCUT2D eigenvalue weighted by molar-refractivity contribution is 7.12. The average Bonchev–Trinajstić information content (AvgIpc) is 3.18. The van der Waals surface area contributed by atoms with E-state index in [2.05, 4.69) is 5.32 Å². The molecule has 0 aliphatic heterocycles. The fraction of sp³-hybridized carbons (Fsp3) is 0. The molecule has 1 aromatic heterocycles. The van der Waals surface area contributed by atoms with E-state index < -0.39 is 10.9 Å². The number of anilines is 1. The van der Waals surface area contributed by atoms with Crippen LogP contribution in [0.2, 0.25) is 0 Å². The third-order valence-electron chi connectivity index (χ3n) is 3.36. The van der Waals surface area contributed by atoms with E-state index in [0.717, 1.165) is 6.07 Å². The molecule has 1 N–H and O–H groups in total. The maximum absolute atomic E-state index is 12.1. The number of hydrogen-bond acceptors (Lipinski definition) is 6. The molecular weight excluding hydrogens is 356 g/mol. The highest BCUT2D eigenvalue weighted by Crippen LogP contribution is 2.20. The number of rotatable bonds is 5. The van der Waals surface area contributed by atoms with Crippen molar-refractivity contribution in [1.82, 2.24) is 0 Å². The van der Waals surface area contributed by atoms with Crippen molar-refractivity contribution in [3.8, 4) is 5.75 Å². The number of carbonyl (C=O) groups is 2. The van der Waals surface area contributed by atoms with Crippen LogP contribution in [0.25, 0.3) is 0 Å². The van der Waals surface area contributed by atoms with Crippen molar-refractivity contribution in [3.63, 3.8) is 0 Å². The van der Waals surface area contributed by atoms with E-state index in [0.29, 0.717) is 10.6 Å². The number of nitrogens with zero attached hydrogens (tertiary/aromatic N) is 1. The maximum Gasteiger partial charge on any atom is 0.343 e. The number of amides is 1. The molecule has 2 aromatic carbocycles. The number of nitrogens with one attached hydrogen (secondary N) is 1. The zero-order chi connectivity index (χ0) is 18.5. The van der Waals surface area contributed by atoms with E-state index in [-0.39, 0.29) is 22.9 Å². The van der Waals surface area contributed by atoms with Gasteiger partial charge in [-0.05, 0) is 41.8 Å². The number of carbonyl (C=O) groups excluding carboxylic acids is 2. The first-order valence-corrected chi connectivity index (χ1v) is 8.32. The van der Waals surface area contributed by atoms with Gasteiger partial charge in [0.25, 0.3) is 11.6 Å². The SMILES string of the molecule is O=C(Oc1ccc(NC(=O)c2cccs2)cc1)c1cccc([N+](=O)[O-])c1. The summed E-state index contributed by atoms with van der Waals surface area (Å²) < 4.78 is 5.20. The van der Waals surface area contributed by atoms with Crippen LogP contribution in [0.4, 0.5) is 11.4 Å². The zero-order valence-electron chi connectivity index (χ0n) is 13.2. The van der Waals surface area contributed by atoms with Crippen LogP contribution in [0.15, 0.2) is 66.0 Å². The normalized spacial score (nSPS) is 10.2. The lowest BCUT2D eigenvalue weighted by atomic mass is 10.2. The molecule has 0 aliphatic carbocycles. The van der Waals surface area contributed by atoms with Crippen LogP contribution in [0.5, 0.6) is 5.75 Å². The second kappa shape index (κ2) is 7.58. The van der Waals surface area contributed by atoms with E-state index in [1.807, 2.05) is 5.38 Å². The van der Waals surface area contributed by atoms with Crippen LogP contribution < -0.4 is 10.1 Å². The Morgan fingerprint density at radius 2 is 1.81 bits per heavy atom. The molecule has 0 spiro atoms. The van der Waals surface area contributed by atoms with Crippen molar-refractivity contribution >= 4 is 34.6 Å². The summed E-state index contributed by atoms with van der Waals surface area (Å²) in [5.41, 5.74) is 0.443. The van der Waals surface area contributed by atoms with Crippen molar-refractivity contribution in [2.45, 2.75) is 0 Å². The molecule has 0 fully saturated rings. The highest BCUT2D eigenvalue weighted by Gasteiger charge is 2.13. The van der Waals surface area contributed by atoms with Crippen molar-refractivity contribution in [2.75, 3.05) is 5.32 Å². The van der Waals surface area contributed by atoms with E-state index >= 15 is 0 Å². The summed E-state index contributed by atoms with van der Waals surface area (Å²) in [4.78, 5) is 34.8. The third-order valence-corrected chi connectivity index (χ3v) is 4.23. The second-order valence-corrected chi connectivity index (χ2v) is 6.10. The van der Waals surface area contributed by atoms with Crippen molar-refractivity contribution in [2.24, 2.45) is 0 Å². The Hall–Kier alpha value is -3.52. The number of benzene rings is 2. The highest BCUT2D eigenvalue weighted by atomic mass is 32.1. The molecule has 130 valence electrons. The number of thiophene rings is 1. The number of non-ortho nitro benzene ring substituents is 1. The van der Waals surface area contributed by atoms with Crippen LogP contribution in [0.3, 0.4) is 0 Å². The predicted octanol–water partition coefficient (Wildman–Crippen LogP) is 4.13. The summed E-state index contributed by atoms with van der Waals surface area (Å²) in [5, 5.41) is 15.3. The van der Waals surface area contributed by atoms with Crippen molar-refractivity contribution in [3.05, 3.63) is 86.6 Å². The zero-order valence-corrected chi connectivity index (χ0v) is 14.1. The molecule has 3 aromatic rings. The fourth-order valence-corrected chi connectivity index (χ4v) is 2.74. The van der Waals surface area contributed by atoms with Crippen LogP contribution in [-0.4, -0.2) is 16.8 Å². The monoisotopic (exact) mass is 368 g/mol. The van der Waals surface area contributed by atoms with E-state index in [4.69, 9.17) is 4.74 Å². The Morgan fingerprint density at radius 3 is 2.46 bits per heavy atom. The van der Waals surface area contributed by atoms with E-state index in [1.165, 1.54) is 41.7 Å². The summed E-state index contributed by atoms with van der Waals surface area (Å²) in [6.45, 7) is 0. The minimum atomic E-state index is -0.705. The van der Waals surface area contributed by atoms with Crippen LogP contribution in [0, 0.1) is 10.1 Å². The molecule has 0 aliphatic rings. The van der Waals surface area contributed by atoms with Gasteiger partial charge in [0.15, 0.2) is 0 Å². The Balaban J connectivity index is 1.65. The summed E-state index contributed by atoms with van der Waals surface area (Å²) in [5.74, 6) is -0.666. The Bertz CT molecular complexity index is 952. The Labute approximate surface area is 152 Å². The van der Waals surface area contributed by atoms with Gasteiger partial charge in [0.05, 0.1) is 15.4 Å². The quantitative estimate of drug-likeness (QED) is 0.316. The second-order valence-electron chi connectivity index (χ2n) is 5.15. The van der Waals surface area contributed by atoms with Gasteiger partial charge in [0.1, 0.15) is 5.75 Å². The molecule has 1 amide bonds. The van der Waals surface area contributed by atoms with Gasteiger partial charge < -0.3 is 10.1 Å². The first-order chi connectivity index (χ1) is 12.5. The summed E-state index contributed by atoms with van der Waals surface area (Å²) in [6, 6.07) is 15.1. The molecule has 0 bridgehead atoms. The van der Waals surface area contributed by atoms with Crippen LogP contribution in [0.1, 0.15) is 20.0 Å². The molecule has 0 unspecified atom stereocenters. The van der Waals surface area contributed by atoms with Crippen LogP contribution in [-0.2, 0) is 0 Å². The molecule has 3 rings (SSSR count). The average molecular weight is 368 g/mol. The summed E-state index contributed by atoms with van der Waals surface area (Å²) in [7, 11) is 0. The Morgan fingerprint density at radius 1 is 1.04 bits per heavy atom. The van der Waals surface area contributed by atoms with Crippen molar-refractivity contribution in [1.29, 1.82) is 0 Å². The molecule has 0 saturated heterocycles. The number of nitro groups is 1. The maximum atomic E-state index is 12.1. The number of hydrogen-bond donors (Lipinski definition) is 1. The third kappa shape index (κ3) is 4.11. The van der Waals surface area contributed by atoms with Gasteiger partial charge in [-0.25, -0.2) is 4.79 Å². The molecule has 0 saturated carbocycles. The van der Waals surface area contributed by atoms with Gasteiger partial charge in [-0.2, -0.15) is 0 Å². The van der Waals surface area contributed by atoms with Gasteiger partial charge in [-0.3, -0.25) is 14.9 Å². The predicted molar refractivity (Wildman–Crippen MR) is 96.8 cm³/mol. The number of ether oxygens (including phenoxy) is 1. The molecular formula is C18H12N2O5S. The largest absolute Gasteiger partial charge is 0.423 e. The van der Waals surface area contributed by atoms with E-state index in [9.17, 15) is 19.7 Å². The molecule has 0 radical (unpaired) electrons. The minimum Gasteiger partial charge on any atom is -0.423 e. The van der Waals surface area contributed by atoms with Crippen LogP contribution >= 0.6 is 11.3 Å². The Kier molecular flexibility index (Phi) is 5.04. The van der Waals surface area contributed by atoms with Gasteiger partial charge in [0, 0.05) is 17.8 Å². The minimum absolute atomic E-state index is 0.0780. The lowest BCUT2D eigenvalue weighted by Gasteiger charge is -2.07. The first kappa shape index (κ1) is 17.3. The number of esters is 1. The molecule has 7 nitrogen and oxygen atoms in total. The molecule has 8 heteroatoms. The molecule has 0 atom stereocenters. The molecule has 26 heavy (non-hydrogen) atoms. The lowest BCUT2D eigenvalue weighted by Crippen LogP contribution is -2.11. The lowest BCUT2D eigenvalue weighted by molar-refractivity contribution is -0.384. The van der Waals surface area contributed by atoms with Gasteiger partial charge in [-0.1, -0.05) is 12.1 Å². The first-order valence-electron chi connectivity index (χ1n) is 7.44. The van der Waals surface area contributed by atoms with Gasteiger partial charge >= 0.3 is 5.97 Å². The fourth-order valence-electron chi connectivity index (χ4n) is 2.12.